The largest absolute Gasteiger partial charge is 0.390 e. The minimum absolute atomic E-state index is 0.148. The number of aliphatic hydroxyl groups is 1. The van der Waals surface area contributed by atoms with Crippen LogP contribution in [0.25, 0.3) is 0 Å². The third kappa shape index (κ3) is 3.62. The molecule has 122 valence electrons. The van der Waals surface area contributed by atoms with Gasteiger partial charge in [-0.25, -0.2) is 4.79 Å². The van der Waals surface area contributed by atoms with Crippen molar-refractivity contribution in [3.8, 4) is 0 Å². The highest BCUT2D eigenvalue weighted by Crippen LogP contribution is 2.27. The quantitative estimate of drug-likeness (QED) is 0.490. The van der Waals surface area contributed by atoms with Crippen LogP contribution in [0, 0.1) is 6.92 Å². The van der Waals surface area contributed by atoms with Gasteiger partial charge in [0.2, 0.25) is 5.91 Å². The third-order valence-corrected chi connectivity index (χ3v) is 3.50. The van der Waals surface area contributed by atoms with Gasteiger partial charge in [0.1, 0.15) is 12.3 Å². The Morgan fingerprint density at radius 3 is 2.95 bits per heavy atom. The molecule has 0 aliphatic carbocycles. The van der Waals surface area contributed by atoms with Crippen molar-refractivity contribution in [3.05, 3.63) is 32.6 Å². The molecule has 1 aliphatic rings. The molecule has 2 rings (SSSR count). The zero-order valence-corrected chi connectivity index (χ0v) is 12.5. The van der Waals surface area contributed by atoms with Gasteiger partial charge in [-0.15, -0.1) is 0 Å². The van der Waals surface area contributed by atoms with E-state index in [9.17, 15) is 19.5 Å². The molecule has 0 radical (unpaired) electrons. The van der Waals surface area contributed by atoms with Crippen LogP contribution >= 0.6 is 0 Å². The lowest BCUT2D eigenvalue weighted by molar-refractivity contribution is -0.121. The zero-order valence-electron chi connectivity index (χ0n) is 12.5. The average Bonchev–Trinajstić information content (AvgIpc) is 2.82. The number of aromatic amines is 1. The third-order valence-electron chi connectivity index (χ3n) is 3.50. The predicted molar refractivity (Wildman–Crippen MR) is 77.5 cm³/mol. The number of aryl methyl sites for hydroxylation is 1. The van der Waals surface area contributed by atoms with Gasteiger partial charge in [-0.05, 0) is 14.0 Å². The number of amides is 1. The lowest BCUT2D eigenvalue weighted by atomic mass is 10.2. The summed E-state index contributed by atoms with van der Waals surface area (Å²) in [7, 11) is 1.65. The average molecular weight is 312 g/mol. The van der Waals surface area contributed by atoms with Crippen molar-refractivity contribution in [1.82, 2.24) is 20.2 Å². The zero-order chi connectivity index (χ0) is 16.3. The molecule has 22 heavy (non-hydrogen) atoms. The van der Waals surface area contributed by atoms with Crippen molar-refractivity contribution in [1.29, 1.82) is 0 Å². The first kappa shape index (κ1) is 16.4. The summed E-state index contributed by atoms with van der Waals surface area (Å²) in [5, 5.41) is 15.3. The van der Waals surface area contributed by atoms with Crippen LogP contribution in [0.3, 0.4) is 0 Å². The van der Waals surface area contributed by atoms with Crippen molar-refractivity contribution < 1.29 is 14.6 Å². The van der Waals surface area contributed by atoms with E-state index < -0.39 is 29.7 Å². The van der Waals surface area contributed by atoms with Crippen molar-refractivity contribution in [3.63, 3.8) is 0 Å². The van der Waals surface area contributed by atoms with Crippen LogP contribution in [0.4, 0.5) is 0 Å². The van der Waals surface area contributed by atoms with E-state index in [1.54, 1.807) is 14.0 Å². The molecule has 0 spiro atoms. The SMILES string of the molecule is CNCC(=O)NC[C@H]1O[C@@H](n2cc(C)c(=O)[nH]c2=O)C[C@@H]1O. The number of carbonyl (C=O) groups is 1. The number of aromatic nitrogens is 2. The molecule has 1 fully saturated rings. The fourth-order valence-electron chi connectivity index (χ4n) is 2.31. The summed E-state index contributed by atoms with van der Waals surface area (Å²) in [6, 6.07) is 0. The molecule has 1 aliphatic heterocycles. The van der Waals surface area contributed by atoms with Gasteiger partial charge in [0.05, 0.1) is 12.6 Å². The Balaban J connectivity index is 2.04. The summed E-state index contributed by atoms with van der Waals surface area (Å²) in [5.74, 6) is -0.209. The number of hydrogen-bond donors (Lipinski definition) is 4. The summed E-state index contributed by atoms with van der Waals surface area (Å²) in [6.07, 6.45) is -0.480. The number of ether oxygens (including phenoxy) is 1. The number of carbonyl (C=O) groups excluding carboxylic acids is 1. The van der Waals surface area contributed by atoms with E-state index in [2.05, 4.69) is 15.6 Å². The van der Waals surface area contributed by atoms with E-state index in [1.165, 1.54) is 10.8 Å². The molecule has 0 saturated carbocycles. The summed E-state index contributed by atoms with van der Waals surface area (Å²) in [5.41, 5.74) is -0.660. The number of rotatable bonds is 5. The van der Waals surface area contributed by atoms with Gasteiger partial charge in [-0.3, -0.25) is 19.1 Å². The van der Waals surface area contributed by atoms with E-state index >= 15 is 0 Å². The first-order valence-corrected chi connectivity index (χ1v) is 6.99. The van der Waals surface area contributed by atoms with Gasteiger partial charge < -0.3 is 20.5 Å². The van der Waals surface area contributed by atoms with E-state index in [0.717, 1.165) is 0 Å². The van der Waals surface area contributed by atoms with Crippen LogP contribution in [0.2, 0.25) is 0 Å². The molecule has 9 nitrogen and oxygen atoms in total. The highest BCUT2D eigenvalue weighted by molar-refractivity contribution is 5.77. The van der Waals surface area contributed by atoms with Crippen molar-refractivity contribution >= 4 is 5.91 Å². The van der Waals surface area contributed by atoms with E-state index in [-0.39, 0.29) is 25.4 Å². The monoisotopic (exact) mass is 312 g/mol. The highest BCUT2D eigenvalue weighted by Gasteiger charge is 2.35. The maximum atomic E-state index is 11.8. The number of nitrogens with zero attached hydrogens (tertiary/aromatic N) is 1. The first-order chi connectivity index (χ1) is 10.4. The Hall–Kier alpha value is -1.97. The van der Waals surface area contributed by atoms with Gasteiger partial charge in [-0.2, -0.15) is 0 Å². The fraction of sp³-hybridized carbons (Fsp3) is 0.615. The van der Waals surface area contributed by atoms with Crippen LogP contribution < -0.4 is 21.9 Å². The number of H-pyrrole nitrogens is 1. The van der Waals surface area contributed by atoms with E-state index in [1.807, 2.05) is 0 Å². The van der Waals surface area contributed by atoms with E-state index in [4.69, 9.17) is 4.74 Å². The molecule has 1 amide bonds. The fourth-order valence-corrected chi connectivity index (χ4v) is 2.31. The Kier molecular flexibility index (Phi) is 5.11. The number of nitrogens with one attached hydrogen (secondary N) is 3. The Morgan fingerprint density at radius 1 is 1.55 bits per heavy atom. The Bertz CT molecular complexity index is 653. The molecule has 1 aromatic rings. The molecule has 2 heterocycles. The van der Waals surface area contributed by atoms with Crippen LogP contribution in [0.15, 0.2) is 15.8 Å². The second-order valence-corrected chi connectivity index (χ2v) is 5.25. The second kappa shape index (κ2) is 6.86. The summed E-state index contributed by atoms with van der Waals surface area (Å²) >= 11 is 0. The lowest BCUT2D eigenvalue weighted by Gasteiger charge is -2.16. The number of likely N-dealkylation sites (N-methyl/N-ethyl adjacent to an activating group) is 1. The summed E-state index contributed by atoms with van der Waals surface area (Å²) in [6.45, 7) is 1.90. The standard InChI is InChI=1S/C13H20N4O5/c1-7-6-17(13(21)16-12(7)20)11-3-8(18)9(22-11)4-15-10(19)5-14-2/h6,8-9,11,14,18H,3-5H2,1-2H3,(H,15,19)(H,16,20,21)/t8-,9+,11+/m0/s1. The lowest BCUT2D eigenvalue weighted by Crippen LogP contribution is -2.40. The Morgan fingerprint density at radius 2 is 2.27 bits per heavy atom. The summed E-state index contributed by atoms with van der Waals surface area (Å²) < 4.78 is 6.87. The normalized spacial score (nSPS) is 24.4. The van der Waals surface area contributed by atoms with E-state index in [0.29, 0.717) is 5.56 Å². The molecule has 4 N–H and O–H groups in total. The van der Waals surface area contributed by atoms with Gasteiger partial charge in [0.15, 0.2) is 0 Å². The molecule has 0 unspecified atom stereocenters. The smallest absolute Gasteiger partial charge is 0.330 e. The second-order valence-electron chi connectivity index (χ2n) is 5.25. The molecule has 0 bridgehead atoms. The molecular formula is C13H20N4O5. The molecule has 3 atom stereocenters. The molecule has 1 aromatic heterocycles. The van der Waals surface area contributed by atoms with Crippen LogP contribution in [0.1, 0.15) is 18.2 Å². The molecule has 9 heteroatoms. The topological polar surface area (TPSA) is 125 Å². The van der Waals surface area contributed by atoms with Gasteiger partial charge in [0, 0.05) is 24.7 Å². The van der Waals surface area contributed by atoms with Crippen LogP contribution in [-0.2, 0) is 9.53 Å². The molecule has 1 saturated heterocycles. The van der Waals surface area contributed by atoms with Crippen molar-refractivity contribution in [2.45, 2.75) is 31.8 Å². The van der Waals surface area contributed by atoms with Crippen LogP contribution in [-0.4, -0.2) is 52.9 Å². The predicted octanol–water partition coefficient (Wildman–Crippen LogP) is -2.17. The highest BCUT2D eigenvalue weighted by atomic mass is 16.5. The minimum atomic E-state index is -0.806. The Labute approximate surface area is 126 Å². The number of hydrogen-bond acceptors (Lipinski definition) is 6. The first-order valence-electron chi connectivity index (χ1n) is 6.99. The molecule has 0 aromatic carbocycles. The van der Waals surface area contributed by atoms with Crippen molar-refractivity contribution in [2.75, 3.05) is 20.1 Å². The minimum Gasteiger partial charge on any atom is -0.390 e. The summed E-state index contributed by atoms with van der Waals surface area (Å²) in [4.78, 5) is 36.8. The number of aliphatic hydroxyl groups excluding tert-OH is 1. The van der Waals surface area contributed by atoms with Gasteiger partial charge >= 0.3 is 5.69 Å². The van der Waals surface area contributed by atoms with Crippen molar-refractivity contribution in [2.24, 2.45) is 0 Å². The van der Waals surface area contributed by atoms with Crippen LogP contribution in [0.5, 0.6) is 0 Å². The van der Waals surface area contributed by atoms with Gasteiger partial charge in [0.25, 0.3) is 5.56 Å². The van der Waals surface area contributed by atoms with Gasteiger partial charge in [-0.1, -0.05) is 0 Å². The maximum absolute atomic E-state index is 11.8. The maximum Gasteiger partial charge on any atom is 0.330 e. The molecular weight excluding hydrogens is 292 g/mol.